The minimum absolute atomic E-state index is 0.290. The van der Waals surface area contributed by atoms with E-state index in [1.54, 1.807) is 13.3 Å². The fourth-order valence-electron chi connectivity index (χ4n) is 2.77. The first-order valence-electron chi connectivity index (χ1n) is 9.62. The molecule has 3 aromatic carbocycles. The van der Waals surface area contributed by atoms with E-state index < -0.39 is 0 Å². The van der Waals surface area contributed by atoms with Gasteiger partial charge >= 0.3 is 0 Å². The topological polar surface area (TPSA) is 96.4 Å². The van der Waals surface area contributed by atoms with Crippen molar-refractivity contribution in [2.45, 2.75) is 0 Å². The van der Waals surface area contributed by atoms with Gasteiger partial charge in [-0.2, -0.15) is 20.1 Å². The molecule has 4 aromatic rings. The van der Waals surface area contributed by atoms with Crippen LogP contribution in [-0.2, 0) is 0 Å². The summed E-state index contributed by atoms with van der Waals surface area (Å²) in [6, 6.07) is 26.9. The van der Waals surface area contributed by atoms with E-state index in [2.05, 4.69) is 36.1 Å². The molecule has 154 valence electrons. The second-order valence-electron chi connectivity index (χ2n) is 6.40. The summed E-state index contributed by atoms with van der Waals surface area (Å²) >= 11 is 0. The maximum absolute atomic E-state index is 5.34. The molecule has 0 aliphatic carbocycles. The summed E-state index contributed by atoms with van der Waals surface area (Å²) < 4.78 is 5.34. The van der Waals surface area contributed by atoms with Crippen LogP contribution in [0.3, 0.4) is 0 Å². The summed E-state index contributed by atoms with van der Waals surface area (Å²) in [5.74, 6) is 1.78. The molecule has 0 atom stereocenters. The predicted octanol–water partition coefficient (Wildman–Crippen LogP) is 4.81. The van der Waals surface area contributed by atoms with Crippen molar-refractivity contribution in [3.8, 4) is 5.75 Å². The van der Waals surface area contributed by atoms with Crippen LogP contribution in [0.15, 0.2) is 90.0 Å². The van der Waals surface area contributed by atoms with Gasteiger partial charge in [-0.25, -0.2) is 5.43 Å². The van der Waals surface area contributed by atoms with Gasteiger partial charge in [-0.15, -0.1) is 0 Å². The molecule has 0 saturated heterocycles. The highest BCUT2D eigenvalue weighted by Crippen LogP contribution is 2.19. The third kappa shape index (κ3) is 5.54. The SMILES string of the molecule is COc1ccccc1/C=N\Nc1nc(Nc2ccccc2)nc(Nc2ccccc2)n1. The van der Waals surface area contributed by atoms with Crippen LogP contribution in [-0.4, -0.2) is 28.3 Å². The first kappa shape index (κ1) is 19.8. The second kappa shape index (κ2) is 9.84. The van der Waals surface area contributed by atoms with E-state index in [0.29, 0.717) is 11.9 Å². The minimum Gasteiger partial charge on any atom is -0.496 e. The molecule has 31 heavy (non-hydrogen) atoms. The van der Waals surface area contributed by atoms with E-state index in [4.69, 9.17) is 4.74 Å². The molecule has 0 aliphatic heterocycles. The monoisotopic (exact) mass is 411 g/mol. The standard InChI is InChI=1S/C23H21N7O/c1-31-20-15-9-8-10-17(20)16-24-30-23-28-21(25-18-11-4-2-5-12-18)27-22(29-23)26-19-13-6-3-7-14-19/h2-16H,1H3,(H3,25,26,27,28,29,30)/b24-16-. The molecule has 0 amide bonds. The smallest absolute Gasteiger partial charge is 0.250 e. The lowest BCUT2D eigenvalue weighted by atomic mass is 10.2. The molecular weight excluding hydrogens is 390 g/mol. The molecule has 0 aliphatic rings. The maximum Gasteiger partial charge on any atom is 0.250 e. The number of methoxy groups -OCH3 is 1. The van der Waals surface area contributed by atoms with Crippen molar-refractivity contribution >= 4 is 35.4 Å². The Bertz CT molecular complexity index is 1090. The number of aromatic nitrogens is 3. The second-order valence-corrected chi connectivity index (χ2v) is 6.40. The normalized spacial score (nSPS) is 10.6. The number of ether oxygens (including phenoxy) is 1. The van der Waals surface area contributed by atoms with Crippen LogP contribution < -0.4 is 20.8 Å². The van der Waals surface area contributed by atoms with Crippen LogP contribution in [0.5, 0.6) is 5.75 Å². The van der Waals surface area contributed by atoms with E-state index in [9.17, 15) is 0 Å². The number of hydrogen-bond acceptors (Lipinski definition) is 8. The van der Waals surface area contributed by atoms with Gasteiger partial charge in [-0.3, -0.25) is 0 Å². The lowest BCUT2D eigenvalue weighted by molar-refractivity contribution is 0.414. The Kier molecular flexibility index (Phi) is 6.30. The summed E-state index contributed by atoms with van der Waals surface area (Å²) in [7, 11) is 1.62. The Balaban J connectivity index is 1.58. The molecule has 0 radical (unpaired) electrons. The molecule has 8 nitrogen and oxygen atoms in total. The molecule has 1 aromatic heterocycles. The molecule has 0 bridgehead atoms. The van der Waals surface area contributed by atoms with E-state index in [1.165, 1.54) is 0 Å². The molecule has 1 heterocycles. The summed E-state index contributed by atoms with van der Waals surface area (Å²) in [6.07, 6.45) is 1.65. The Labute approximate surface area is 180 Å². The Hall–Kier alpha value is -4.46. The lowest BCUT2D eigenvalue weighted by Gasteiger charge is -2.10. The van der Waals surface area contributed by atoms with Gasteiger partial charge in [0.05, 0.1) is 13.3 Å². The van der Waals surface area contributed by atoms with Crippen LogP contribution in [0.25, 0.3) is 0 Å². The van der Waals surface area contributed by atoms with Gasteiger partial charge in [0.2, 0.25) is 17.8 Å². The number of hydrogen-bond donors (Lipinski definition) is 3. The van der Waals surface area contributed by atoms with Crippen molar-refractivity contribution < 1.29 is 4.74 Å². The molecule has 0 spiro atoms. The average molecular weight is 411 g/mol. The minimum atomic E-state index is 0.290. The fourth-order valence-corrected chi connectivity index (χ4v) is 2.77. The zero-order chi connectivity index (χ0) is 21.3. The van der Waals surface area contributed by atoms with Crippen molar-refractivity contribution in [1.29, 1.82) is 0 Å². The number of anilines is 5. The number of hydrazone groups is 1. The van der Waals surface area contributed by atoms with Crippen LogP contribution in [0.4, 0.5) is 29.2 Å². The fraction of sp³-hybridized carbons (Fsp3) is 0.0435. The van der Waals surface area contributed by atoms with E-state index in [1.807, 2.05) is 84.9 Å². The molecule has 0 saturated carbocycles. The molecule has 0 fully saturated rings. The van der Waals surface area contributed by atoms with E-state index in [0.717, 1.165) is 22.7 Å². The van der Waals surface area contributed by atoms with Crippen LogP contribution in [0.1, 0.15) is 5.56 Å². The Morgan fingerprint density at radius 2 is 1.19 bits per heavy atom. The third-order valence-electron chi connectivity index (χ3n) is 4.20. The molecular formula is C23H21N7O. The quantitative estimate of drug-likeness (QED) is 0.283. The van der Waals surface area contributed by atoms with Crippen molar-refractivity contribution in [2.24, 2.45) is 5.10 Å². The largest absolute Gasteiger partial charge is 0.496 e. The zero-order valence-electron chi connectivity index (χ0n) is 16.9. The highest BCUT2D eigenvalue weighted by Gasteiger charge is 2.07. The average Bonchev–Trinajstić information content (AvgIpc) is 2.81. The van der Waals surface area contributed by atoms with Gasteiger partial charge < -0.3 is 15.4 Å². The van der Waals surface area contributed by atoms with Gasteiger partial charge in [-0.05, 0) is 36.4 Å². The summed E-state index contributed by atoms with van der Waals surface area (Å²) in [6.45, 7) is 0. The number of para-hydroxylation sites is 3. The highest BCUT2D eigenvalue weighted by atomic mass is 16.5. The zero-order valence-corrected chi connectivity index (χ0v) is 16.9. The summed E-state index contributed by atoms with van der Waals surface area (Å²) in [4.78, 5) is 13.3. The molecule has 4 rings (SSSR count). The first-order chi connectivity index (χ1) is 15.3. The third-order valence-corrected chi connectivity index (χ3v) is 4.20. The number of benzene rings is 3. The highest BCUT2D eigenvalue weighted by molar-refractivity contribution is 5.83. The van der Waals surface area contributed by atoms with Crippen molar-refractivity contribution in [3.05, 3.63) is 90.5 Å². The van der Waals surface area contributed by atoms with Crippen LogP contribution >= 0.6 is 0 Å². The van der Waals surface area contributed by atoms with Gasteiger partial charge in [0.25, 0.3) is 0 Å². The molecule has 0 unspecified atom stereocenters. The Morgan fingerprint density at radius 1 is 0.677 bits per heavy atom. The lowest BCUT2D eigenvalue weighted by Crippen LogP contribution is -2.07. The van der Waals surface area contributed by atoms with Gasteiger partial charge in [0, 0.05) is 16.9 Å². The number of nitrogens with one attached hydrogen (secondary N) is 3. The van der Waals surface area contributed by atoms with Crippen molar-refractivity contribution in [2.75, 3.05) is 23.2 Å². The van der Waals surface area contributed by atoms with Crippen LogP contribution in [0.2, 0.25) is 0 Å². The molecule has 3 N–H and O–H groups in total. The van der Waals surface area contributed by atoms with Gasteiger partial charge in [-0.1, -0.05) is 48.5 Å². The van der Waals surface area contributed by atoms with Crippen LogP contribution in [0, 0.1) is 0 Å². The summed E-state index contributed by atoms with van der Waals surface area (Å²) in [5, 5.41) is 10.6. The van der Waals surface area contributed by atoms with E-state index in [-0.39, 0.29) is 5.95 Å². The van der Waals surface area contributed by atoms with Crippen molar-refractivity contribution in [1.82, 2.24) is 15.0 Å². The van der Waals surface area contributed by atoms with Gasteiger partial charge in [0.15, 0.2) is 0 Å². The molecule has 8 heteroatoms. The number of nitrogens with zero attached hydrogens (tertiary/aromatic N) is 4. The Morgan fingerprint density at radius 3 is 1.77 bits per heavy atom. The number of rotatable bonds is 8. The summed E-state index contributed by atoms with van der Waals surface area (Å²) in [5.41, 5.74) is 5.43. The van der Waals surface area contributed by atoms with Gasteiger partial charge in [0.1, 0.15) is 5.75 Å². The predicted molar refractivity (Wildman–Crippen MR) is 123 cm³/mol. The maximum atomic E-state index is 5.34. The van der Waals surface area contributed by atoms with Crippen molar-refractivity contribution in [3.63, 3.8) is 0 Å². The first-order valence-corrected chi connectivity index (χ1v) is 9.62. The van der Waals surface area contributed by atoms with E-state index >= 15 is 0 Å².